The molecule has 0 bridgehead atoms. The van der Waals surface area contributed by atoms with Gasteiger partial charge in [-0.25, -0.2) is 19.0 Å². The van der Waals surface area contributed by atoms with Gasteiger partial charge in [0.2, 0.25) is 0 Å². The van der Waals surface area contributed by atoms with Crippen LogP contribution in [0.3, 0.4) is 0 Å². The molecule has 7 nitrogen and oxygen atoms in total. The lowest BCUT2D eigenvalue weighted by Gasteiger charge is -2.24. The minimum Gasteiger partial charge on any atom is -0.354 e. The molecule has 2 aromatic heterocycles. The van der Waals surface area contributed by atoms with Gasteiger partial charge in [0.1, 0.15) is 17.5 Å². The Labute approximate surface area is 204 Å². The molecule has 5 rings (SSSR count). The number of anilines is 1. The molecule has 3 heterocycles. The number of fused-ring (bicyclic) bond motifs is 1. The Bertz CT molecular complexity index is 1340. The molecule has 4 aromatic rings. The van der Waals surface area contributed by atoms with Crippen molar-refractivity contribution in [3.63, 3.8) is 0 Å². The second kappa shape index (κ2) is 9.82. The van der Waals surface area contributed by atoms with Gasteiger partial charge in [0, 0.05) is 37.7 Å². The summed E-state index contributed by atoms with van der Waals surface area (Å²) in [5.41, 5.74) is 2.12. The van der Waals surface area contributed by atoms with Gasteiger partial charge < -0.3 is 9.80 Å². The number of nitrogens with zero attached hydrogens (tertiary/aromatic N) is 6. The van der Waals surface area contributed by atoms with Crippen molar-refractivity contribution in [2.24, 2.45) is 0 Å². The highest BCUT2D eigenvalue weighted by molar-refractivity contribution is 5.94. The quantitative estimate of drug-likeness (QED) is 0.417. The smallest absolute Gasteiger partial charge is 0.254 e. The van der Waals surface area contributed by atoms with Crippen LogP contribution in [0.4, 0.5) is 10.2 Å². The Morgan fingerprint density at radius 3 is 2.63 bits per heavy atom. The minimum atomic E-state index is -0.399. The van der Waals surface area contributed by atoms with Gasteiger partial charge in [0.05, 0.1) is 17.3 Å². The largest absolute Gasteiger partial charge is 0.354 e. The van der Waals surface area contributed by atoms with Crippen molar-refractivity contribution in [2.45, 2.75) is 32.6 Å². The number of halogens is 1. The van der Waals surface area contributed by atoms with E-state index in [1.165, 1.54) is 12.1 Å². The number of rotatable bonds is 5. The lowest BCUT2D eigenvalue weighted by atomic mass is 10.1. The average molecular weight is 473 g/mol. The third-order valence-electron chi connectivity index (χ3n) is 6.63. The normalized spacial score (nSPS) is 15.3. The molecular formula is C27H29FN6O. The summed E-state index contributed by atoms with van der Waals surface area (Å²) in [7, 11) is 0. The zero-order valence-electron chi connectivity index (χ0n) is 20.1. The number of benzene rings is 2. The van der Waals surface area contributed by atoms with Crippen LogP contribution in [0, 0.1) is 5.82 Å². The number of amides is 1. The van der Waals surface area contributed by atoms with Crippen LogP contribution >= 0.6 is 0 Å². The molecule has 1 saturated heterocycles. The van der Waals surface area contributed by atoms with Crippen molar-refractivity contribution >= 4 is 22.8 Å². The van der Waals surface area contributed by atoms with E-state index >= 15 is 0 Å². The molecular weight excluding hydrogens is 443 g/mol. The maximum Gasteiger partial charge on any atom is 0.254 e. The molecule has 0 radical (unpaired) electrons. The van der Waals surface area contributed by atoms with E-state index in [0.29, 0.717) is 25.2 Å². The van der Waals surface area contributed by atoms with E-state index in [0.717, 1.165) is 47.7 Å². The summed E-state index contributed by atoms with van der Waals surface area (Å²) in [5.74, 6) is 1.31. The van der Waals surface area contributed by atoms with Crippen LogP contribution in [-0.4, -0.2) is 56.7 Å². The lowest BCUT2D eigenvalue weighted by molar-refractivity contribution is 0.0766. The van der Waals surface area contributed by atoms with E-state index in [4.69, 9.17) is 9.97 Å². The number of aromatic nitrogens is 4. The number of hydrogen-bond donors (Lipinski definition) is 0. The molecule has 35 heavy (non-hydrogen) atoms. The first-order valence-corrected chi connectivity index (χ1v) is 12.2. The van der Waals surface area contributed by atoms with Crippen molar-refractivity contribution in [3.8, 4) is 5.69 Å². The predicted molar refractivity (Wildman–Crippen MR) is 134 cm³/mol. The molecule has 1 aliphatic rings. The van der Waals surface area contributed by atoms with Crippen molar-refractivity contribution in [3.05, 3.63) is 78.0 Å². The Hall–Kier alpha value is -3.81. The van der Waals surface area contributed by atoms with Crippen molar-refractivity contribution < 1.29 is 9.18 Å². The molecule has 8 heteroatoms. The van der Waals surface area contributed by atoms with E-state index in [1.54, 1.807) is 17.0 Å². The second-order valence-electron chi connectivity index (χ2n) is 8.99. The minimum absolute atomic E-state index is 0.142. The highest BCUT2D eigenvalue weighted by atomic mass is 19.1. The zero-order chi connectivity index (χ0) is 24.4. The van der Waals surface area contributed by atoms with Gasteiger partial charge in [-0.05, 0) is 43.2 Å². The molecule has 1 atom stereocenters. The molecule has 1 aliphatic heterocycles. The Morgan fingerprint density at radius 1 is 1.03 bits per heavy atom. The standard InChI is InChI=1S/C27H29FN6O/c1-3-19(2)24-30-25(23-18-29-34(26(23)31-24)22-11-5-4-6-12-22)32-13-8-14-33(16-15-32)27(35)20-9-7-10-21(28)17-20/h4-7,9-12,17-19H,3,8,13-16H2,1-2H3/t19-/m1/s1. The Kier molecular flexibility index (Phi) is 6.44. The molecule has 180 valence electrons. The first-order chi connectivity index (χ1) is 17.0. The molecule has 1 fully saturated rings. The predicted octanol–water partition coefficient (Wildman–Crippen LogP) is 4.82. The topological polar surface area (TPSA) is 67.2 Å². The van der Waals surface area contributed by atoms with E-state index in [9.17, 15) is 9.18 Å². The fraction of sp³-hybridized carbons (Fsp3) is 0.333. The van der Waals surface area contributed by atoms with Crippen LogP contribution in [0.15, 0.2) is 60.8 Å². The van der Waals surface area contributed by atoms with Gasteiger partial charge >= 0.3 is 0 Å². The Balaban J connectivity index is 1.48. The third-order valence-corrected chi connectivity index (χ3v) is 6.63. The van der Waals surface area contributed by atoms with Crippen molar-refractivity contribution in [2.75, 3.05) is 31.1 Å². The molecule has 0 aliphatic carbocycles. The molecule has 0 spiro atoms. The summed E-state index contributed by atoms with van der Waals surface area (Å²) in [6.07, 6.45) is 3.55. The number of hydrogen-bond acceptors (Lipinski definition) is 5. The number of para-hydroxylation sites is 1. The van der Waals surface area contributed by atoms with Crippen molar-refractivity contribution in [1.82, 2.24) is 24.6 Å². The van der Waals surface area contributed by atoms with Gasteiger partial charge in [0.15, 0.2) is 5.65 Å². The number of carbonyl (C=O) groups excluding carboxylic acids is 1. The third kappa shape index (κ3) is 4.60. The fourth-order valence-corrected chi connectivity index (χ4v) is 4.45. The molecule has 0 saturated carbocycles. The highest BCUT2D eigenvalue weighted by Gasteiger charge is 2.25. The van der Waals surface area contributed by atoms with Crippen LogP contribution in [-0.2, 0) is 0 Å². The monoisotopic (exact) mass is 472 g/mol. The maximum atomic E-state index is 13.7. The zero-order valence-corrected chi connectivity index (χ0v) is 20.1. The summed E-state index contributed by atoms with van der Waals surface area (Å²) in [4.78, 5) is 26.9. The average Bonchev–Trinajstić information content (AvgIpc) is 3.17. The van der Waals surface area contributed by atoms with Crippen LogP contribution in [0.1, 0.15) is 48.8 Å². The van der Waals surface area contributed by atoms with Gasteiger partial charge in [-0.2, -0.15) is 5.10 Å². The van der Waals surface area contributed by atoms with Gasteiger partial charge in [-0.3, -0.25) is 4.79 Å². The number of carbonyl (C=O) groups is 1. The maximum absolute atomic E-state index is 13.7. The van der Waals surface area contributed by atoms with Gasteiger partial charge in [0.25, 0.3) is 5.91 Å². The molecule has 1 amide bonds. The molecule has 0 unspecified atom stereocenters. The van der Waals surface area contributed by atoms with Crippen LogP contribution in [0.5, 0.6) is 0 Å². The SMILES string of the molecule is CC[C@@H](C)c1nc(N2CCCN(C(=O)c3cccc(F)c3)CC2)c2cnn(-c3ccccc3)c2n1. The van der Waals surface area contributed by atoms with Gasteiger partial charge in [-0.1, -0.05) is 38.1 Å². The molecule has 0 N–H and O–H groups in total. The van der Waals surface area contributed by atoms with Crippen LogP contribution < -0.4 is 4.90 Å². The van der Waals surface area contributed by atoms with Gasteiger partial charge in [-0.15, -0.1) is 0 Å². The van der Waals surface area contributed by atoms with E-state index in [1.807, 2.05) is 41.2 Å². The van der Waals surface area contributed by atoms with E-state index < -0.39 is 5.82 Å². The first-order valence-electron chi connectivity index (χ1n) is 12.2. The summed E-state index contributed by atoms with van der Waals surface area (Å²) in [5, 5.41) is 5.54. The summed E-state index contributed by atoms with van der Waals surface area (Å²) < 4.78 is 15.5. The summed E-state index contributed by atoms with van der Waals surface area (Å²) in [6.45, 7) is 6.80. The first kappa shape index (κ1) is 23.0. The Morgan fingerprint density at radius 2 is 1.86 bits per heavy atom. The van der Waals surface area contributed by atoms with E-state index in [2.05, 4.69) is 23.8 Å². The second-order valence-corrected chi connectivity index (χ2v) is 8.99. The summed E-state index contributed by atoms with van der Waals surface area (Å²) >= 11 is 0. The van der Waals surface area contributed by atoms with Crippen LogP contribution in [0.2, 0.25) is 0 Å². The van der Waals surface area contributed by atoms with Crippen LogP contribution in [0.25, 0.3) is 16.7 Å². The van der Waals surface area contributed by atoms with E-state index in [-0.39, 0.29) is 11.8 Å². The highest BCUT2D eigenvalue weighted by Crippen LogP contribution is 2.29. The lowest BCUT2D eigenvalue weighted by Crippen LogP contribution is -2.35. The molecule has 2 aromatic carbocycles. The summed E-state index contributed by atoms with van der Waals surface area (Å²) in [6, 6.07) is 15.9. The van der Waals surface area contributed by atoms with Crippen molar-refractivity contribution in [1.29, 1.82) is 0 Å². The fourth-order valence-electron chi connectivity index (χ4n) is 4.45.